The highest BCUT2D eigenvalue weighted by Gasteiger charge is 2.19. The number of esters is 1. The molecule has 1 heterocycles. The molecule has 1 saturated heterocycles. The largest absolute Gasteiger partial charge is 0.467 e. The van der Waals surface area contributed by atoms with Crippen molar-refractivity contribution in [3.63, 3.8) is 0 Å². The zero-order valence-electron chi connectivity index (χ0n) is 12.6. The van der Waals surface area contributed by atoms with Crippen LogP contribution in [0.25, 0.3) is 0 Å². The molecule has 1 aliphatic heterocycles. The Hall–Kier alpha value is -2.15. The predicted octanol–water partition coefficient (Wildman–Crippen LogP) is 0.954. The quantitative estimate of drug-likeness (QED) is 0.839. The van der Waals surface area contributed by atoms with Crippen LogP contribution in [0.2, 0.25) is 0 Å². The number of carbonyl (C=O) groups is 2. The van der Waals surface area contributed by atoms with Crippen molar-refractivity contribution < 1.29 is 23.5 Å². The van der Waals surface area contributed by atoms with Gasteiger partial charge in [0.1, 0.15) is 11.9 Å². The Labute approximate surface area is 128 Å². The van der Waals surface area contributed by atoms with Crippen LogP contribution in [0.1, 0.15) is 17.3 Å². The molecule has 0 bridgehead atoms. The maximum absolute atomic E-state index is 14.2. The highest BCUT2D eigenvalue weighted by atomic mass is 19.1. The second-order valence-corrected chi connectivity index (χ2v) is 4.98. The summed E-state index contributed by atoms with van der Waals surface area (Å²) in [5.41, 5.74) is 0.603. The van der Waals surface area contributed by atoms with E-state index in [4.69, 9.17) is 4.74 Å². The molecule has 22 heavy (non-hydrogen) atoms. The molecule has 0 unspecified atom stereocenters. The molecular weight excluding hydrogens is 291 g/mol. The Morgan fingerprint density at radius 3 is 2.64 bits per heavy atom. The van der Waals surface area contributed by atoms with E-state index in [0.717, 1.165) is 0 Å². The van der Waals surface area contributed by atoms with Crippen molar-refractivity contribution in [2.45, 2.75) is 13.0 Å². The van der Waals surface area contributed by atoms with Crippen LogP contribution >= 0.6 is 0 Å². The lowest BCUT2D eigenvalue weighted by Gasteiger charge is -2.29. The number of hydrogen-bond donors (Lipinski definition) is 1. The number of carbonyl (C=O) groups excluding carboxylic acids is 2. The highest BCUT2D eigenvalue weighted by Crippen LogP contribution is 2.21. The van der Waals surface area contributed by atoms with Crippen LogP contribution in [-0.4, -0.2) is 51.3 Å². The zero-order chi connectivity index (χ0) is 16.1. The fourth-order valence-electron chi connectivity index (χ4n) is 2.22. The summed E-state index contributed by atoms with van der Waals surface area (Å²) in [6.07, 6.45) is 0. The van der Waals surface area contributed by atoms with Gasteiger partial charge in [0.05, 0.1) is 26.0 Å². The standard InChI is InChI=1S/C15H19FN2O4/c1-10(15(20)21-2)17-14(19)11-3-4-13(12(16)9-11)18-5-7-22-8-6-18/h3-4,9-10H,5-8H2,1-2H3,(H,17,19)/t10-/m1/s1. The minimum atomic E-state index is -0.792. The van der Waals surface area contributed by atoms with E-state index in [1.165, 1.54) is 26.2 Å². The van der Waals surface area contributed by atoms with Gasteiger partial charge in [0.25, 0.3) is 5.91 Å². The van der Waals surface area contributed by atoms with Gasteiger partial charge < -0.3 is 19.7 Å². The summed E-state index contributed by atoms with van der Waals surface area (Å²) in [6.45, 7) is 3.84. The van der Waals surface area contributed by atoms with Crippen molar-refractivity contribution in [1.82, 2.24) is 5.32 Å². The number of morpholine rings is 1. The van der Waals surface area contributed by atoms with E-state index in [1.807, 2.05) is 4.90 Å². The Morgan fingerprint density at radius 2 is 2.05 bits per heavy atom. The molecule has 1 atom stereocenters. The van der Waals surface area contributed by atoms with Gasteiger partial charge in [-0.1, -0.05) is 0 Å². The first-order chi connectivity index (χ1) is 10.5. The normalized spacial score (nSPS) is 16.0. The van der Waals surface area contributed by atoms with Crippen LogP contribution in [0, 0.1) is 5.82 Å². The highest BCUT2D eigenvalue weighted by molar-refractivity contribution is 5.97. The summed E-state index contributed by atoms with van der Waals surface area (Å²) in [6, 6.07) is 3.48. The number of halogens is 1. The summed E-state index contributed by atoms with van der Waals surface area (Å²) in [5, 5.41) is 2.46. The Balaban J connectivity index is 2.08. The van der Waals surface area contributed by atoms with Gasteiger partial charge in [-0.25, -0.2) is 9.18 Å². The number of benzene rings is 1. The first-order valence-corrected chi connectivity index (χ1v) is 7.04. The lowest BCUT2D eigenvalue weighted by Crippen LogP contribution is -2.39. The molecule has 1 fully saturated rings. The minimum absolute atomic E-state index is 0.158. The summed E-state index contributed by atoms with van der Waals surface area (Å²) in [4.78, 5) is 25.1. The van der Waals surface area contributed by atoms with E-state index in [2.05, 4.69) is 10.1 Å². The number of methoxy groups -OCH3 is 1. The third kappa shape index (κ3) is 3.73. The van der Waals surface area contributed by atoms with Crippen LogP contribution in [-0.2, 0) is 14.3 Å². The van der Waals surface area contributed by atoms with Crippen molar-refractivity contribution in [2.75, 3.05) is 38.3 Å². The number of rotatable bonds is 4. The molecule has 0 aromatic heterocycles. The molecule has 0 radical (unpaired) electrons. The first-order valence-electron chi connectivity index (χ1n) is 7.04. The van der Waals surface area contributed by atoms with Crippen LogP contribution in [0.5, 0.6) is 0 Å². The maximum atomic E-state index is 14.2. The molecule has 6 nitrogen and oxygen atoms in total. The second kappa shape index (κ2) is 7.22. The molecule has 0 spiro atoms. The van der Waals surface area contributed by atoms with Gasteiger partial charge in [-0.3, -0.25) is 4.79 Å². The van der Waals surface area contributed by atoms with E-state index in [9.17, 15) is 14.0 Å². The van der Waals surface area contributed by atoms with E-state index < -0.39 is 23.7 Å². The molecule has 1 aliphatic rings. The molecule has 0 aliphatic carbocycles. The summed E-state index contributed by atoms with van der Waals surface area (Å²) in [5.74, 6) is -1.55. The van der Waals surface area contributed by atoms with Gasteiger partial charge in [-0.2, -0.15) is 0 Å². The van der Waals surface area contributed by atoms with Crippen molar-refractivity contribution in [3.05, 3.63) is 29.6 Å². The number of amides is 1. The van der Waals surface area contributed by atoms with Crippen molar-refractivity contribution in [1.29, 1.82) is 0 Å². The summed E-state index contributed by atoms with van der Waals surface area (Å²) < 4.78 is 24.0. The fourth-order valence-corrected chi connectivity index (χ4v) is 2.22. The number of hydrogen-bond acceptors (Lipinski definition) is 5. The van der Waals surface area contributed by atoms with E-state index >= 15 is 0 Å². The lowest BCUT2D eigenvalue weighted by molar-refractivity contribution is -0.142. The molecule has 120 valence electrons. The zero-order valence-corrected chi connectivity index (χ0v) is 12.6. The fraction of sp³-hybridized carbons (Fsp3) is 0.467. The average Bonchev–Trinajstić information content (AvgIpc) is 2.54. The number of nitrogens with zero attached hydrogens (tertiary/aromatic N) is 1. The van der Waals surface area contributed by atoms with Gasteiger partial charge in [0.15, 0.2) is 0 Å². The average molecular weight is 310 g/mol. The van der Waals surface area contributed by atoms with Crippen LogP contribution in [0.3, 0.4) is 0 Å². The SMILES string of the molecule is COC(=O)[C@@H](C)NC(=O)c1ccc(N2CCOCC2)c(F)c1. The monoisotopic (exact) mass is 310 g/mol. The van der Waals surface area contributed by atoms with Crippen molar-refractivity contribution in [3.8, 4) is 0 Å². The van der Waals surface area contributed by atoms with E-state index in [0.29, 0.717) is 32.0 Å². The Bertz CT molecular complexity index is 558. The lowest BCUT2D eigenvalue weighted by atomic mass is 10.1. The Kier molecular flexibility index (Phi) is 5.32. The molecule has 1 N–H and O–H groups in total. The Morgan fingerprint density at radius 1 is 1.36 bits per heavy atom. The smallest absolute Gasteiger partial charge is 0.328 e. The van der Waals surface area contributed by atoms with Gasteiger partial charge in [0, 0.05) is 18.7 Å². The number of nitrogens with one attached hydrogen (secondary N) is 1. The van der Waals surface area contributed by atoms with Gasteiger partial charge in [0.2, 0.25) is 0 Å². The molecule has 0 saturated carbocycles. The topological polar surface area (TPSA) is 67.9 Å². The number of anilines is 1. The van der Waals surface area contributed by atoms with E-state index in [1.54, 1.807) is 6.07 Å². The molecule has 1 aromatic carbocycles. The molecule has 1 amide bonds. The van der Waals surface area contributed by atoms with Crippen molar-refractivity contribution >= 4 is 17.6 Å². The summed E-state index contributed by atoms with van der Waals surface area (Å²) >= 11 is 0. The molecule has 7 heteroatoms. The van der Waals surface area contributed by atoms with Gasteiger partial charge >= 0.3 is 5.97 Å². The van der Waals surface area contributed by atoms with Crippen LogP contribution in [0.4, 0.5) is 10.1 Å². The molecular formula is C15H19FN2O4. The van der Waals surface area contributed by atoms with Crippen LogP contribution < -0.4 is 10.2 Å². The second-order valence-electron chi connectivity index (χ2n) is 4.98. The van der Waals surface area contributed by atoms with Crippen LogP contribution in [0.15, 0.2) is 18.2 Å². The van der Waals surface area contributed by atoms with Gasteiger partial charge in [-0.15, -0.1) is 0 Å². The predicted molar refractivity (Wildman–Crippen MR) is 78.4 cm³/mol. The van der Waals surface area contributed by atoms with Gasteiger partial charge in [-0.05, 0) is 25.1 Å². The summed E-state index contributed by atoms with van der Waals surface area (Å²) in [7, 11) is 1.24. The number of ether oxygens (including phenoxy) is 2. The van der Waals surface area contributed by atoms with Crippen molar-refractivity contribution in [2.24, 2.45) is 0 Å². The third-order valence-electron chi connectivity index (χ3n) is 3.46. The third-order valence-corrected chi connectivity index (χ3v) is 3.46. The first kappa shape index (κ1) is 16.2. The maximum Gasteiger partial charge on any atom is 0.328 e. The minimum Gasteiger partial charge on any atom is -0.467 e. The van der Waals surface area contributed by atoms with E-state index in [-0.39, 0.29) is 5.56 Å². The molecule has 2 rings (SSSR count). The molecule has 1 aromatic rings.